The molecule has 1 aromatic heterocycles. The van der Waals surface area contributed by atoms with Crippen LogP contribution in [-0.4, -0.2) is 21.3 Å². The molecule has 2 rings (SSSR count). The van der Waals surface area contributed by atoms with E-state index in [0.717, 1.165) is 27.1 Å². The molecule has 1 unspecified atom stereocenters. The lowest BCUT2D eigenvalue weighted by Crippen LogP contribution is -2.18. The molecule has 0 saturated heterocycles. The van der Waals surface area contributed by atoms with Gasteiger partial charge in [0, 0.05) is 11.1 Å². The largest absolute Gasteiger partial charge is 0.496 e. The Morgan fingerprint density at radius 3 is 2.30 bits per heavy atom. The number of halogens is 2. The number of hydrogen-bond donors (Lipinski definition) is 1. The van der Waals surface area contributed by atoms with Crippen LogP contribution < -0.4 is 14.8 Å². The zero-order chi connectivity index (χ0) is 14.7. The van der Waals surface area contributed by atoms with Crippen LogP contribution in [-0.2, 0) is 0 Å². The molecule has 1 N–H and O–H groups in total. The van der Waals surface area contributed by atoms with Gasteiger partial charge in [0.1, 0.15) is 11.5 Å². The molecule has 4 nitrogen and oxygen atoms in total. The Balaban J connectivity index is 2.56. The van der Waals surface area contributed by atoms with E-state index < -0.39 is 0 Å². The van der Waals surface area contributed by atoms with Gasteiger partial charge in [0.25, 0.3) is 0 Å². The van der Waals surface area contributed by atoms with E-state index in [1.165, 1.54) is 0 Å². The molecule has 0 aliphatic heterocycles. The number of hydrogen-bond acceptors (Lipinski definition) is 4. The fourth-order valence-electron chi connectivity index (χ4n) is 2.10. The van der Waals surface area contributed by atoms with E-state index in [-0.39, 0.29) is 6.04 Å². The van der Waals surface area contributed by atoms with Crippen molar-refractivity contribution >= 4 is 31.9 Å². The SMILES string of the molecule is CNC(c1cc(OC)c(Br)cc1OC)c1ccoc1Br. The molecule has 1 heterocycles. The quantitative estimate of drug-likeness (QED) is 0.813. The van der Waals surface area contributed by atoms with Crippen LogP contribution in [0.5, 0.6) is 11.5 Å². The van der Waals surface area contributed by atoms with Crippen LogP contribution in [0.2, 0.25) is 0 Å². The van der Waals surface area contributed by atoms with Crippen molar-refractivity contribution < 1.29 is 13.9 Å². The molecule has 0 radical (unpaired) electrons. The van der Waals surface area contributed by atoms with Crippen LogP contribution in [0, 0.1) is 0 Å². The number of ether oxygens (including phenoxy) is 2. The summed E-state index contributed by atoms with van der Waals surface area (Å²) >= 11 is 6.88. The van der Waals surface area contributed by atoms with Crippen LogP contribution in [0.1, 0.15) is 17.2 Å². The smallest absolute Gasteiger partial charge is 0.174 e. The first kappa shape index (κ1) is 15.4. The lowest BCUT2D eigenvalue weighted by atomic mass is 10.00. The molecular formula is C14H15Br2NO3. The van der Waals surface area contributed by atoms with Crippen LogP contribution in [0.4, 0.5) is 0 Å². The third kappa shape index (κ3) is 2.87. The molecule has 1 atom stereocenters. The molecule has 1 aromatic carbocycles. The first-order valence-corrected chi connectivity index (χ1v) is 7.52. The van der Waals surface area contributed by atoms with E-state index in [9.17, 15) is 0 Å². The summed E-state index contributed by atoms with van der Waals surface area (Å²) in [5.41, 5.74) is 1.97. The Bertz CT molecular complexity index is 598. The molecule has 0 bridgehead atoms. The standard InChI is InChI=1S/C14H15Br2NO3/c1-17-13(8-4-5-20-14(8)16)9-6-12(19-3)10(15)7-11(9)18-2/h4-7,13,17H,1-3H3. The van der Waals surface area contributed by atoms with Crippen molar-refractivity contribution in [1.29, 1.82) is 0 Å². The summed E-state index contributed by atoms with van der Waals surface area (Å²) in [6.07, 6.45) is 1.65. The summed E-state index contributed by atoms with van der Waals surface area (Å²) in [6.45, 7) is 0. The first-order chi connectivity index (χ1) is 9.62. The highest BCUT2D eigenvalue weighted by Crippen LogP contribution is 2.39. The van der Waals surface area contributed by atoms with Crippen molar-refractivity contribution in [2.45, 2.75) is 6.04 Å². The van der Waals surface area contributed by atoms with Crippen molar-refractivity contribution in [3.63, 3.8) is 0 Å². The third-order valence-electron chi connectivity index (χ3n) is 3.06. The molecule has 20 heavy (non-hydrogen) atoms. The molecule has 0 saturated carbocycles. The second-order valence-corrected chi connectivity index (χ2v) is 5.67. The molecule has 0 fully saturated rings. The molecule has 108 valence electrons. The van der Waals surface area contributed by atoms with Gasteiger partial charge in [-0.1, -0.05) is 0 Å². The second-order valence-electron chi connectivity index (χ2n) is 4.10. The van der Waals surface area contributed by atoms with Crippen LogP contribution in [0.25, 0.3) is 0 Å². The van der Waals surface area contributed by atoms with E-state index in [1.54, 1.807) is 20.5 Å². The molecular weight excluding hydrogens is 390 g/mol. The van der Waals surface area contributed by atoms with Crippen LogP contribution in [0.3, 0.4) is 0 Å². The number of nitrogens with one attached hydrogen (secondary N) is 1. The van der Waals surface area contributed by atoms with Gasteiger partial charge >= 0.3 is 0 Å². The molecule has 0 amide bonds. The Labute approximate surface area is 134 Å². The van der Waals surface area contributed by atoms with Gasteiger partial charge in [-0.05, 0) is 57.1 Å². The summed E-state index contributed by atoms with van der Waals surface area (Å²) in [7, 11) is 5.17. The highest BCUT2D eigenvalue weighted by Gasteiger charge is 2.22. The fourth-order valence-corrected chi connectivity index (χ4v) is 3.05. The Hall–Kier alpha value is -0.980. The zero-order valence-electron chi connectivity index (χ0n) is 11.4. The second kappa shape index (κ2) is 6.65. The maximum atomic E-state index is 5.47. The normalized spacial score (nSPS) is 12.2. The minimum atomic E-state index is -0.0694. The minimum Gasteiger partial charge on any atom is -0.496 e. The zero-order valence-corrected chi connectivity index (χ0v) is 14.5. The summed E-state index contributed by atoms with van der Waals surface area (Å²) in [4.78, 5) is 0. The Morgan fingerprint density at radius 1 is 1.10 bits per heavy atom. The summed E-state index contributed by atoms with van der Waals surface area (Å²) < 4.78 is 17.7. The lowest BCUT2D eigenvalue weighted by molar-refractivity contribution is 0.393. The maximum absolute atomic E-state index is 5.47. The number of furan rings is 1. The van der Waals surface area contributed by atoms with E-state index in [4.69, 9.17) is 13.9 Å². The van der Waals surface area contributed by atoms with Gasteiger partial charge in [-0.25, -0.2) is 0 Å². The van der Waals surface area contributed by atoms with Gasteiger partial charge in [0.15, 0.2) is 4.67 Å². The lowest BCUT2D eigenvalue weighted by Gasteiger charge is -2.20. The van der Waals surface area contributed by atoms with Crippen molar-refractivity contribution in [3.05, 3.63) is 44.7 Å². The fraction of sp³-hybridized carbons (Fsp3) is 0.286. The minimum absolute atomic E-state index is 0.0694. The Kier molecular flexibility index (Phi) is 5.12. The summed E-state index contributed by atoms with van der Waals surface area (Å²) in [6, 6.07) is 5.69. The van der Waals surface area contributed by atoms with E-state index >= 15 is 0 Å². The highest BCUT2D eigenvalue weighted by atomic mass is 79.9. The van der Waals surface area contributed by atoms with Gasteiger partial charge in [0.2, 0.25) is 0 Å². The topological polar surface area (TPSA) is 43.6 Å². The molecule has 2 aromatic rings. The molecule has 0 aliphatic rings. The Morgan fingerprint density at radius 2 is 1.80 bits per heavy atom. The predicted molar refractivity (Wildman–Crippen MR) is 84.6 cm³/mol. The van der Waals surface area contributed by atoms with Gasteiger partial charge < -0.3 is 19.2 Å². The summed E-state index contributed by atoms with van der Waals surface area (Å²) in [5.74, 6) is 1.52. The van der Waals surface area contributed by atoms with Crippen LogP contribution >= 0.6 is 31.9 Å². The molecule has 0 aliphatic carbocycles. The van der Waals surface area contributed by atoms with E-state index in [1.807, 2.05) is 25.2 Å². The van der Waals surface area contributed by atoms with Gasteiger partial charge in [-0.2, -0.15) is 0 Å². The highest BCUT2D eigenvalue weighted by molar-refractivity contribution is 9.10. The average Bonchev–Trinajstić information content (AvgIpc) is 2.87. The van der Waals surface area contributed by atoms with Gasteiger partial charge in [0.05, 0.1) is 31.0 Å². The van der Waals surface area contributed by atoms with Crippen molar-refractivity contribution in [2.24, 2.45) is 0 Å². The third-order valence-corrected chi connectivity index (χ3v) is 4.33. The monoisotopic (exact) mass is 403 g/mol. The number of benzene rings is 1. The summed E-state index contributed by atoms with van der Waals surface area (Å²) in [5, 5.41) is 3.27. The van der Waals surface area contributed by atoms with Crippen LogP contribution in [0.15, 0.2) is 38.0 Å². The van der Waals surface area contributed by atoms with E-state index in [2.05, 4.69) is 37.2 Å². The van der Waals surface area contributed by atoms with Crippen molar-refractivity contribution in [1.82, 2.24) is 5.32 Å². The number of rotatable bonds is 5. The van der Waals surface area contributed by atoms with Crippen molar-refractivity contribution in [3.8, 4) is 11.5 Å². The van der Waals surface area contributed by atoms with Crippen molar-refractivity contribution in [2.75, 3.05) is 21.3 Å². The average molecular weight is 405 g/mol. The molecule has 6 heteroatoms. The number of methoxy groups -OCH3 is 2. The first-order valence-electron chi connectivity index (χ1n) is 5.94. The molecule has 0 spiro atoms. The maximum Gasteiger partial charge on any atom is 0.174 e. The van der Waals surface area contributed by atoms with Gasteiger partial charge in [-0.3, -0.25) is 0 Å². The predicted octanol–water partition coefficient (Wildman–Crippen LogP) is 4.13. The van der Waals surface area contributed by atoms with Gasteiger partial charge in [-0.15, -0.1) is 0 Å². The van der Waals surface area contributed by atoms with E-state index in [0.29, 0.717) is 4.67 Å².